The first kappa shape index (κ1) is 23.2. The Morgan fingerprint density at radius 1 is 1.21 bits per heavy atom. The van der Waals surface area contributed by atoms with Crippen LogP contribution >= 0.6 is 0 Å². The van der Waals surface area contributed by atoms with Crippen LogP contribution in [0.2, 0.25) is 0 Å². The molecule has 1 aromatic heterocycles. The van der Waals surface area contributed by atoms with Crippen molar-refractivity contribution in [3.05, 3.63) is 71.2 Å². The first-order valence-corrected chi connectivity index (χ1v) is 11.2. The third kappa shape index (κ3) is 5.33. The Hall–Kier alpha value is -3.96. The lowest BCUT2D eigenvalue weighted by molar-refractivity contribution is 0.0955. The van der Waals surface area contributed by atoms with Crippen LogP contribution in [0.5, 0.6) is 5.75 Å². The maximum atomic E-state index is 12.3. The largest absolute Gasteiger partial charge is 0.496 e. The zero-order valence-corrected chi connectivity index (χ0v) is 19.4. The normalized spacial score (nSPS) is 13.3. The molecule has 0 aliphatic carbocycles. The molecule has 0 unspecified atom stereocenters. The first-order valence-electron chi connectivity index (χ1n) is 11.2. The van der Waals surface area contributed by atoms with Crippen molar-refractivity contribution in [2.75, 3.05) is 44.9 Å². The Morgan fingerprint density at radius 3 is 2.68 bits per heavy atom. The number of nitrogens with one attached hydrogen (secondary N) is 1. The Morgan fingerprint density at radius 2 is 1.97 bits per heavy atom. The quantitative estimate of drug-likeness (QED) is 0.544. The van der Waals surface area contributed by atoms with Gasteiger partial charge in [0.05, 0.1) is 37.7 Å². The standard InChI is InChI=1S/C26H27N5O3/c1-18-17-29-24(15-19-3-6-21(7-4-19)31-11-13-34-14-12-31)30-25(18)20-5-8-22(23(16-20)33-2)26(32)28-10-9-27/h3-8,16-17H,10-15H2,1-2H3,(H,28,32). The van der Waals surface area contributed by atoms with Gasteiger partial charge in [-0.05, 0) is 42.3 Å². The average Bonchev–Trinajstić information content (AvgIpc) is 2.89. The van der Waals surface area contributed by atoms with Crippen LogP contribution in [0, 0.1) is 18.3 Å². The van der Waals surface area contributed by atoms with Gasteiger partial charge in [0.15, 0.2) is 0 Å². The molecule has 0 atom stereocenters. The Bertz CT molecular complexity index is 1200. The number of nitrogens with zero attached hydrogens (tertiary/aromatic N) is 4. The van der Waals surface area contributed by atoms with Crippen LogP contribution in [0.3, 0.4) is 0 Å². The van der Waals surface area contributed by atoms with E-state index in [0.717, 1.165) is 54.5 Å². The summed E-state index contributed by atoms with van der Waals surface area (Å²) in [5.41, 5.74) is 5.25. The van der Waals surface area contributed by atoms with Gasteiger partial charge >= 0.3 is 0 Å². The van der Waals surface area contributed by atoms with Crippen molar-refractivity contribution in [2.24, 2.45) is 0 Å². The van der Waals surface area contributed by atoms with Gasteiger partial charge in [0, 0.05) is 37.0 Å². The van der Waals surface area contributed by atoms with Gasteiger partial charge in [0.2, 0.25) is 0 Å². The van der Waals surface area contributed by atoms with Gasteiger partial charge in [0.1, 0.15) is 18.1 Å². The maximum Gasteiger partial charge on any atom is 0.255 e. The van der Waals surface area contributed by atoms with Crippen molar-refractivity contribution in [3.8, 4) is 23.1 Å². The number of anilines is 1. The van der Waals surface area contributed by atoms with Crippen molar-refractivity contribution >= 4 is 11.6 Å². The SMILES string of the molecule is COc1cc(-c2nc(Cc3ccc(N4CCOCC4)cc3)ncc2C)ccc1C(=O)NCC#N. The number of benzene rings is 2. The molecule has 8 heteroatoms. The zero-order chi connectivity index (χ0) is 23.9. The number of hydrogen-bond donors (Lipinski definition) is 1. The number of hydrogen-bond acceptors (Lipinski definition) is 7. The lowest BCUT2D eigenvalue weighted by Gasteiger charge is -2.28. The second-order valence-corrected chi connectivity index (χ2v) is 8.02. The topological polar surface area (TPSA) is 100 Å². The fourth-order valence-corrected chi connectivity index (χ4v) is 3.93. The number of amides is 1. The number of ether oxygens (including phenoxy) is 2. The van der Waals surface area contributed by atoms with Crippen LogP contribution in [0.15, 0.2) is 48.7 Å². The highest BCUT2D eigenvalue weighted by atomic mass is 16.5. The number of carbonyl (C=O) groups excluding carboxylic acids is 1. The van der Waals surface area contributed by atoms with Crippen molar-refractivity contribution in [1.29, 1.82) is 5.26 Å². The Labute approximate surface area is 199 Å². The minimum atomic E-state index is -0.356. The van der Waals surface area contributed by atoms with Crippen LogP contribution in [0.25, 0.3) is 11.3 Å². The van der Waals surface area contributed by atoms with Crippen molar-refractivity contribution < 1.29 is 14.3 Å². The maximum absolute atomic E-state index is 12.3. The second-order valence-electron chi connectivity index (χ2n) is 8.02. The smallest absolute Gasteiger partial charge is 0.255 e. The Balaban J connectivity index is 1.54. The fourth-order valence-electron chi connectivity index (χ4n) is 3.93. The van der Waals surface area contributed by atoms with E-state index >= 15 is 0 Å². The van der Waals surface area contributed by atoms with Gasteiger partial charge in [0.25, 0.3) is 5.91 Å². The van der Waals surface area contributed by atoms with Gasteiger partial charge in [-0.15, -0.1) is 0 Å². The van der Waals surface area contributed by atoms with Crippen LogP contribution in [0.1, 0.15) is 27.3 Å². The van der Waals surface area contributed by atoms with Crippen molar-refractivity contribution in [1.82, 2.24) is 15.3 Å². The van der Waals surface area contributed by atoms with Crippen LogP contribution in [0.4, 0.5) is 5.69 Å². The molecule has 0 radical (unpaired) electrons. The van der Waals surface area contributed by atoms with E-state index in [1.165, 1.54) is 12.8 Å². The average molecular weight is 458 g/mol. The highest BCUT2D eigenvalue weighted by Gasteiger charge is 2.16. The highest BCUT2D eigenvalue weighted by Crippen LogP contribution is 2.28. The van der Waals surface area contributed by atoms with Gasteiger partial charge in [-0.2, -0.15) is 5.26 Å². The molecule has 1 N–H and O–H groups in total. The predicted molar refractivity (Wildman–Crippen MR) is 129 cm³/mol. The summed E-state index contributed by atoms with van der Waals surface area (Å²) in [4.78, 5) is 24.0. The molecule has 2 heterocycles. The van der Waals surface area contributed by atoms with E-state index in [2.05, 4.69) is 39.5 Å². The van der Waals surface area contributed by atoms with Gasteiger partial charge in [-0.3, -0.25) is 4.79 Å². The third-order valence-electron chi connectivity index (χ3n) is 5.74. The first-order chi connectivity index (χ1) is 16.6. The minimum absolute atomic E-state index is 0.0639. The Kier molecular flexibility index (Phi) is 7.35. The van der Waals surface area contributed by atoms with Gasteiger partial charge < -0.3 is 19.7 Å². The van der Waals surface area contributed by atoms with E-state index in [4.69, 9.17) is 19.7 Å². The fraction of sp³-hybridized carbons (Fsp3) is 0.308. The zero-order valence-electron chi connectivity index (χ0n) is 19.4. The summed E-state index contributed by atoms with van der Waals surface area (Å²) in [5, 5.41) is 11.2. The number of rotatable bonds is 7. The molecule has 1 aliphatic heterocycles. The second kappa shape index (κ2) is 10.8. The molecule has 3 aromatic rings. The summed E-state index contributed by atoms with van der Waals surface area (Å²) < 4.78 is 10.9. The third-order valence-corrected chi connectivity index (χ3v) is 5.74. The molecule has 1 fully saturated rings. The number of aromatic nitrogens is 2. The van der Waals surface area contributed by atoms with Gasteiger partial charge in [-0.1, -0.05) is 18.2 Å². The summed E-state index contributed by atoms with van der Waals surface area (Å²) in [6.07, 6.45) is 2.43. The van der Waals surface area contributed by atoms with Crippen LogP contribution in [-0.2, 0) is 11.2 Å². The van der Waals surface area contributed by atoms with E-state index in [0.29, 0.717) is 17.7 Å². The van der Waals surface area contributed by atoms with E-state index in [1.807, 2.05) is 25.3 Å². The highest BCUT2D eigenvalue weighted by molar-refractivity contribution is 5.97. The van der Waals surface area contributed by atoms with Crippen molar-refractivity contribution in [2.45, 2.75) is 13.3 Å². The molecular formula is C26H27N5O3. The number of methoxy groups -OCH3 is 1. The molecule has 8 nitrogen and oxygen atoms in total. The molecule has 1 amide bonds. The van der Waals surface area contributed by atoms with Crippen LogP contribution < -0.4 is 15.0 Å². The summed E-state index contributed by atoms with van der Waals surface area (Å²) in [6.45, 7) is 5.23. The van der Waals surface area contributed by atoms with E-state index < -0.39 is 0 Å². The van der Waals surface area contributed by atoms with Gasteiger partial charge in [-0.25, -0.2) is 9.97 Å². The molecule has 34 heavy (non-hydrogen) atoms. The molecule has 1 aliphatic rings. The molecule has 0 saturated carbocycles. The van der Waals surface area contributed by atoms with E-state index in [9.17, 15) is 4.79 Å². The lowest BCUT2D eigenvalue weighted by atomic mass is 10.0. The molecule has 2 aromatic carbocycles. The lowest BCUT2D eigenvalue weighted by Crippen LogP contribution is -2.36. The number of aryl methyl sites for hydroxylation is 1. The van der Waals surface area contributed by atoms with E-state index in [1.54, 1.807) is 12.1 Å². The molecule has 4 rings (SSSR count). The number of nitriles is 1. The monoisotopic (exact) mass is 457 g/mol. The summed E-state index contributed by atoms with van der Waals surface area (Å²) in [7, 11) is 1.51. The predicted octanol–water partition coefficient (Wildman–Crippen LogP) is 3.14. The molecule has 174 valence electrons. The molecule has 1 saturated heterocycles. The number of carbonyl (C=O) groups is 1. The summed E-state index contributed by atoms with van der Waals surface area (Å²) in [5.74, 6) is 0.784. The number of morpholine rings is 1. The van der Waals surface area contributed by atoms with E-state index in [-0.39, 0.29) is 12.5 Å². The van der Waals surface area contributed by atoms with Crippen LogP contribution in [-0.4, -0.2) is 55.8 Å². The summed E-state index contributed by atoms with van der Waals surface area (Å²) >= 11 is 0. The molecule has 0 spiro atoms. The summed E-state index contributed by atoms with van der Waals surface area (Å²) in [6, 6.07) is 15.7. The van der Waals surface area contributed by atoms with Crippen molar-refractivity contribution in [3.63, 3.8) is 0 Å². The minimum Gasteiger partial charge on any atom is -0.496 e. The molecular weight excluding hydrogens is 430 g/mol. The molecule has 0 bridgehead atoms.